The third-order valence-electron chi connectivity index (χ3n) is 3.73. The molecule has 0 radical (unpaired) electrons. The fourth-order valence-corrected chi connectivity index (χ4v) is 3.18. The molecule has 0 aliphatic rings. The first-order chi connectivity index (χ1) is 11.2. The van der Waals surface area contributed by atoms with E-state index in [9.17, 15) is 13.2 Å². The van der Waals surface area contributed by atoms with Gasteiger partial charge in [-0.2, -0.15) is 0 Å². The maximum atomic E-state index is 12.4. The number of anilines is 1. The van der Waals surface area contributed by atoms with E-state index >= 15 is 0 Å². The summed E-state index contributed by atoms with van der Waals surface area (Å²) in [5, 5.41) is 1.09. The molecule has 0 heterocycles. The molecule has 24 heavy (non-hydrogen) atoms. The van der Waals surface area contributed by atoms with Gasteiger partial charge in [0.1, 0.15) is 0 Å². The van der Waals surface area contributed by atoms with Crippen LogP contribution in [0.15, 0.2) is 47.4 Å². The summed E-state index contributed by atoms with van der Waals surface area (Å²) in [5.74, 6) is -0.318. The van der Waals surface area contributed by atoms with E-state index in [1.807, 2.05) is 13.8 Å². The molecule has 6 nitrogen and oxygen atoms in total. The van der Waals surface area contributed by atoms with Gasteiger partial charge in [0.2, 0.25) is 0 Å². The highest BCUT2D eigenvalue weighted by Gasteiger charge is 2.16. The Hall–Kier alpha value is -2.38. The number of amides is 1. The van der Waals surface area contributed by atoms with Crippen LogP contribution in [0.4, 0.5) is 5.69 Å². The number of benzene rings is 2. The minimum absolute atomic E-state index is 0.199. The van der Waals surface area contributed by atoms with Crippen molar-refractivity contribution in [3.05, 3.63) is 59.2 Å². The molecule has 0 aliphatic heterocycles. The molecule has 1 N–H and O–H groups in total. The molecule has 0 fully saturated rings. The summed E-state index contributed by atoms with van der Waals surface area (Å²) in [4.78, 5) is 17.0. The van der Waals surface area contributed by atoms with E-state index in [1.54, 1.807) is 18.2 Å². The smallest absolute Gasteiger partial charge is 0.277 e. The number of hydrogen-bond donors (Lipinski definition) is 1. The van der Waals surface area contributed by atoms with Crippen molar-refractivity contribution in [2.75, 3.05) is 18.9 Å². The summed E-state index contributed by atoms with van der Waals surface area (Å²) < 4.78 is 27.4. The van der Waals surface area contributed by atoms with Gasteiger partial charge in [0, 0.05) is 18.3 Å². The highest BCUT2D eigenvalue weighted by Crippen LogP contribution is 2.19. The van der Waals surface area contributed by atoms with Gasteiger partial charge in [-0.05, 0) is 61.4 Å². The Kier molecular flexibility index (Phi) is 5.26. The van der Waals surface area contributed by atoms with Crippen LogP contribution in [0.1, 0.15) is 21.5 Å². The van der Waals surface area contributed by atoms with E-state index in [2.05, 4.69) is 4.72 Å². The SMILES string of the molecule is CON(C)C(=O)c1ccc(NS(=O)(=O)c2ccc(C)c(C)c2)cc1. The van der Waals surface area contributed by atoms with Gasteiger partial charge in [0.15, 0.2) is 0 Å². The fraction of sp³-hybridized carbons (Fsp3) is 0.235. The molecule has 0 saturated heterocycles. The van der Waals surface area contributed by atoms with E-state index in [1.165, 1.54) is 38.4 Å². The third-order valence-corrected chi connectivity index (χ3v) is 5.11. The number of hydrogen-bond acceptors (Lipinski definition) is 4. The highest BCUT2D eigenvalue weighted by molar-refractivity contribution is 7.92. The van der Waals surface area contributed by atoms with E-state index < -0.39 is 10.0 Å². The maximum Gasteiger partial charge on any atom is 0.277 e. The molecule has 2 rings (SSSR count). The monoisotopic (exact) mass is 348 g/mol. The van der Waals surface area contributed by atoms with Gasteiger partial charge in [0.25, 0.3) is 15.9 Å². The number of carbonyl (C=O) groups excluding carboxylic acids is 1. The third kappa shape index (κ3) is 3.93. The summed E-state index contributed by atoms with van der Waals surface area (Å²) in [6.45, 7) is 3.78. The summed E-state index contributed by atoms with van der Waals surface area (Å²) >= 11 is 0. The molecule has 1 amide bonds. The summed E-state index contributed by atoms with van der Waals surface area (Å²) in [7, 11) is -0.785. The molecule has 0 spiro atoms. The first-order valence-corrected chi connectivity index (χ1v) is 8.75. The zero-order valence-electron chi connectivity index (χ0n) is 14.0. The Morgan fingerprint density at radius 2 is 1.67 bits per heavy atom. The minimum atomic E-state index is -3.68. The first-order valence-electron chi connectivity index (χ1n) is 7.27. The van der Waals surface area contributed by atoms with Crippen molar-refractivity contribution in [2.45, 2.75) is 18.7 Å². The van der Waals surface area contributed by atoms with Crippen LogP contribution in [0.25, 0.3) is 0 Å². The van der Waals surface area contributed by atoms with Crippen LogP contribution in [0.5, 0.6) is 0 Å². The quantitative estimate of drug-likeness (QED) is 0.843. The Morgan fingerprint density at radius 1 is 1.04 bits per heavy atom. The molecule has 7 heteroatoms. The Bertz CT molecular complexity index is 845. The Balaban J connectivity index is 2.21. The number of hydroxylamine groups is 2. The van der Waals surface area contributed by atoms with Crippen molar-refractivity contribution < 1.29 is 18.0 Å². The first kappa shape index (κ1) is 18.0. The number of rotatable bonds is 5. The molecular weight excluding hydrogens is 328 g/mol. The molecule has 0 saturated carbocycles. The number of aryl methyl sites for hydroxylation is 2. The van der Waals surface area contributed by atoms with Gasteiger partial charge in [-0.15, -0.1) is 0 Å². The summed E-state index contributed by atoms with van der Waals surface area (Å²) in [6.07, 6.45) is 0. The standard InChI is InChI=1S/C17H20N2O4S/c1-12-5-10-16(11-13(12)2)24(21,22)18-15-8-6-14(7-9-15)17(20)19(3)23-4/h5-11,18H,1-4H3. The van der Waals surface area contributed by atoms with E-state index in [-0.39, 0.29) is 10.8 Å². The lowest BCUT2D eigenvalue weighted by Gasteiger charge is -2.14. The van der Waals surface area contributed by atoms with E-state index in [4.69, 9.17) is 4.84 Å². The molecule has 128 valence electrons. The molecule has 0 aromatic heterocycles. The van der Waals surface area contributed by atoms with Crippen LogP contribution < -0.4 is 4.72 Å². The number of nitrogens with one attached hydrogen (secondary N) is 1. The van der Waals surface area contributed by atoms with Gasteiger partial charge in [-0.25, -0.2) is 13.5 Å². The molecule has 0 aliphatic carbocycles. The van der Waals surface area contributed by atoms with E-state index in [0.717, 1.165) is 16.2 Å². The lowest BCUT2D eigenvalue weighted by atomic mass is 10.1. The predicted molar refractivity (Wildman–Crippen MR) is 92.3 cm³/mol. The van der Waals surface area contributed by atoms with Crippen LogP contribution in [0.2, 0.25) is 0 Å². The zero-order valence-corrected chi connectivity index (χ0v) is 14.8. The topological polar surface area (TPSA) is 75.7 Å². The number of carbonyl (C=O) groups is 1. The van der Waals surface area contributed by atoms with Gasteiger partial charge in [0.05, 0.1) is 12.0 Å². The lowest BCUT2D eigenvalue weighted by molar-refractivity contribution is -0.0756. The lowest BCUT2D eigenvalue weighted by Crippen LogP contribution is -2.25. The number of nitrogens with zero attached hydrogens (tertiary/aromatic N) is 1. The summed E-state index contributed by atoms with van der Waals surface area (Å²) in [5.41, 5.74) is 2.71. The zero-order chi connectivity index (χ0) is 17.9. The van der Waals surface area contributed by atoms with Gasteiger partial charge in [-0.1, -0.05) is 6.07 Å². The van der Waals surface area contributed by atoms with Crippen LogP contribution in [-0.2, 0) is 14.9 Å². The van der Waals surface area contributed by atoms with Gasteiger partial charge < -0.3 is 0 Å². The van der Waals surface area contributed by atoms with Crippen LogP contribution in [-0.4, -0.2) is 33.5 Å². The second kappa shape index (κ2) is 7.02. The summed E-state index contributed by atoms with van der Waals surface area (Å²) in [6, 6.07) is 11.1. The molecule has 0 bridgehead atoms. The predicted octanol–water partition coefficient (Wildman–Crippen LogP) is 2.74. The van der Waals surface area contributed by atoms with Gasteiger partial charge >= 0.3 is 0 Å². The molecule has 0 unspecified atom stereocenters. The normalized spacial score (nSPS) is 11.2. The molecule has 2 aromatic rings. The highest BCUT2D eigenvalue weighted by atomic mass is 32.2. The van der Waals surface area contributed by atoms with Crippen molar-refractivity contribution in [2.24, 2.45) is 0 Å². The number of sulfonamides is 1. The minimum Gasteiger partial charge on any atom is -0.280 e. The van der Waals surface area contributed by atoms with Crippen LogP contribution >= 0.6 is 0 Å². The van der Waals surface area contributed by atoms with E-state index in [0.29, 0.717) is 11.3 Å². The Morgan fingerprint density at radius 3 is 2.21 bits per heavy atom. The van der Waals surface area contributed by atoms with Crippen LogP contribution in [0, 0.1) is 13.8 Å². The van der Waals surface area contributed by atoms with Gasteiger partial charge in [-0.3, -0.25) is 14.4 Å². The molecule has 2 aromatic carbocycles. The largest absolute Gasteiger partial charge is 0.280 e. The molecular formula is C17H20N2O4S. The Labute approximate surface area is 142 Å². The maximum absolute atomic E-state index is 12.4. The van der Waals surface area contributed by atoms with Crippen molar-refractivity contribution >= 4 is 21.6 Å². The average Bonchev–Trinajstić information content (AvgIpc) is 2.56. The van der Waals surface area contributed by atoms with Crippen molar-refractivity contribution in [3.8, 4) is 0 Å². The average molecular weight is 348 g/mol. The van der Waals surface area contributed by atoms with Crippen molar-refractivity contribution in [3.63, 3.8) is 0 Å². The fourth-order valence-electron chi connectivity index (χ4n) is 2.04. The van der Waals surface area contributed by atoms with Crippen LogP contribution in [0.3, 0.4) is 0 Å². The second-order valence-corrected chi connectivity index (χ2v) is 7.10. The van der Waals surface area contributed by atoms with Crippen molar-refractivity contribution in [1.29, 1.82) is 0 Å². The second-order valence-electron chi connectivity index (χ2n) is 5.41. The van der Waals surface area contributed by atoms with Crippen molar-refractivity contribution in [1.82, 2.24) is 5.06 Å². The molecule has 0 atom stereocenters.